The molecule has 0 aromatic rings. The first-order valence-electron chi connectivity index (χ1n) is 7.09. The van der Waals surface area contributed by atoms with Crippen LogP contribution in [0.2, 0.25) is 0 Å². The number of amides is 1. The van der Waals surface area contributed by atoms with E-state index in [1.54, 1.807) is 4.90 Å². The number of rotatable bonds is 3. The van der Waals surface area contributed by atoms with Crippen LogP contribution < -0.4 is 5.32 Å². The number of nitrogens with zero attached hydrogens (tertiary/aromatic N) is 1. The molecule has 0 spiro atoms. The highest BCUT2D eigenvalue weighted by Crippen LogP contribution is 2.25. The van der Waals surface area contributed by atoms with Crippen molar-refractivity contribution < 1.29 is 13.2 Å². The molecule has 1 amide bonds. The molecule has 2 heterocycles. The van der Waals surface area contributed by atoms with Gasteiger partial charge in [-0.25, -0.2) is 8.42 Å². The van der Waals surface area contributed by atoms with Crippen LogP contribution in [-0.4, -0.2) is 49.0 Å². The van der Waals surface area contributed by atoms with Crippen LogP contribution in [0.3, 0.4) is 0 Å². The molecule has 0 bridgehead atoms. The Morgan fingerprint density at radius 1 is 1.42 bits per heavy atom. The lowest BCUT2D eigenvalue weighted by Crippen LogP contribution is -2.48. The van der Waals surface area contributed by atoms with Gasteiger partial charge in [0.15, 0.2) is 9.84 Å². The van der Waals surface area contributed by atoms with E-state index in [1.165, 1.54) is 0 Å². The number of nitrogens with one attached hydrogen (secondary N) is 1. The van der Waals surface area contributed by atoms with Gasteiger partial charge < -0.3 is 4.90 Å². The Labute approximate surface area is 115 Å². The van der Waals surface area contributed by atoms with Crippen molar-refractivity contribution in [1.82, 2.24) is 10.2 Å². The second-order valence-electron chi connectivity index (χ2n) is 6.18. The molecule has 2 fully saturated rings. The van der Waals surface area contributed by atoms with Crippen LogP contribution in [-0.2, 0) is 14.6 Å². The largest absolute Gasteiger partial charge is 0.322 e. The SMILES string of the molecule is CC(C)CC1NC(C)N(C2CCCS(=O)(=O)C2)C1=O. The molecular weight excluding hydrogens is 264 g/mol. The van der Waals surface area contributed by atoms with E-state index in [0.717, 1.165) is 12.8 Å². The van der Waals surface area contributed by atoms with E-state index in [9.17, 15) is 13.2 Å². The molecule has 1 N–H and O–H groups in total. The molecule has 3 atom stereocenters. The zero-order valence-corrected chi connectivity index (χ0v) is 12.7. The number of carbonyl (C=O) groups is 1. The lowest BCUT2D eigenvalue weighted by molar-refractivity contribution is -0.132. The Bertz CT molecular complexity index is 447. The Kier molecular flexibility index (Phi) is 4.20. The fourth-order valence-electron chi connectivity index (χ4n) is 3.17. The summed E-state index contributed by atoms with van der Waals surface area (Å²) in [6.07, 6.45) is 2.21. The van der Waals surface area contributed by atoms with Gasteiger partial charge >= 0.3 is 0 Å². The van der Waals surface area contributed by atoms with Gasteiger partial charge in [-0.15, -0.1) is 0 Å². The van der Waals surface area contributed by atoms with E-state index in [4.69, 9.17) is 0 Å². The highest BCUT2D eigenvalue weighted by atomic mass is 32.2. The zero-order chi connectivity index (χ0) is 14.2. The van der Waals surface area contributed by atoms with Gasteiger partial charge in [-0.3, -0.25) is 10.1 Å². The highest BCUT2D eigenvalue weighted by molar-refractivity contribution is 7.91. The summed E-state index contributed by atoms with van der Waals surface area (Å²) in [6, 6.07) is -0.300. The minimum Gasteiger partial charge on any atom is -0.322 e. The summed E-state index contributed by atoms with van der Waals surface area (Å²) in [5, 5.41) is 3.29. The third-order valence-electron chi connectivity index (χ3n) is 3.95. The van der Waals surface area contributed by atoms with Gasteiger partial charge in [0.1, 0.15) is 0 Å². The lowest BCUT2D eigenvalue weighted by atomic mass is 10.0. The first-order valence-corrected chi connectivity index (χ1v) is 8.91. The molecule has 5 nitrogen and oxygen atoms in total. The molecule has 2 saturated heterocycles. The molecule has 0 aromatic heterocycles. The summed E-state index contributed by atoms with van der Waals surface area (Å²) >= 11 is 0. The fraction of sp³-hybridized carbons (Fsp3) is 0.923. The van der Waals surface area contributed by atoms with Gasteiger partial charge in [0, 0.05) is 6.04 Å². The number of sulfone groups is 1. The maximum absolute atomic E-state index is 12.4. The predicted octanol–water partition coefficient (Wildman–Crippen LogP) is 0.756. The summed E-state index contributed by atoms with van der Waals surface area (Å²) in [4.78, 5) is 14.2. The van der Waals surface area contributed by atoms with Gasteiger partial charge in [0.25, 0.3) is 0 Å². The Morgan fingerprint density at radius 3 is 2.68 bits per heavy atom. The fourth-order valence-corrected chi connectivity index (χ4v) is 4.85. The van der Waals surface area contributed by atoms with Crippen molar-refractivity contribution in [2.75, 3.05) is 11.5 Å². The molecule has 3 unspecified atom stereocenters. The molecule has 2 aliphatic heterocycles. The van der Waals surface area contributed by atoms with Crippen LogP contribution >= 0.6 is 0 Å². The van der Waals surface area contributed by atoms with Crippen LogP contribution in [0, 0.1) is 5.92 Å². The van der Waals surface area contributed by atoms with Crippen LogP contribution in [0.15, 0.2) is 0 Å². The molecule has 2 rings (SSSR count). The molecule has 0 aromatic carbocycles. The van der Waals surface area contributed by atoms with E-state index in [-0.39, 0.29) is 35.7 Å². The average molecular weight is 288 g/mol. The van der Waals surface area contributed by atoms with Crippen LogP contribution in [0.4, 0.5) is 0 Å². The van der Waals surface area contributed by atoms with Gasteiger partial charge in [-0.1, -0.05) is 13.8 Å². The molecule has 0 radical (unpaired) electrons. The zero-order valence-electron chi connectivity index (χ0n) is 11.9. The van der Waals surface area contributed by atoms with Crippen molar-refractivity contribution in [3.05, 3.63) is 0 Å². The predicted molar refractivity (Wildman–Crippen MR) is 74.4 cm³/mol. The minimum atomic E-state index is -2.98. The summed E-state index contributed by atoms with van der Waals surface area (Å²) < 4.78 is 23.5. The van der Waals surface area contributed by atoms with Crippen molar-refractivity contribution in [2.24, 2.45) is 5.92 Å². The van der Waals surface area contributed by atoms with Crippen LogP contribution in [0.1, 0.15) is 40.0 Å². The van der Waals surface area contributed by atoms with Crippen molar-refractivity contribution >= 4 is 15.7 Å². The monoisotopic (exact) mass is 288 g/mol. The Morgan fingerprint density at radius 2 is 2.11 bits per heavy atom. The van der Waals surface area contributed by atoms with Crippen LogP contribution in [0.5, 0.6) is 0 Å². The van der Waals surface area contributed by atoms with Crippen molar-refractivity contribution in [3.63, 3.8) is 0 Å². The van der Waals surface area contributed by atoms with E-state index in [1.807, 2.05) is 6.92 Å². The molecule has 6 heteroatoms. The maximum atomic E-state index is 12.4. The summed E-state index contributed by atoms with van der Waals surface area (Å²) in [5.74, 6) is 0.911. The summed E-state index contributed by atoms with van der Waals surface area (Å²) in [5.41, 5.74) is 0. The first-order chi connectivity index (χ1) is 8.80. The summed E-state index contributed by atoms with van der Waals surface area (Å²) in [7, 11) is -2.98. The second-order valence-corrected chi connectivity index (χ2v) is 8.41. The molecule has 110 valence electrons. The quantitative estimate of drug-likeness (QED) is 0.832. The van der Waals surface area contributed by atoms with Gasteiger partial charge in [0.05, 0.1) is 23.7 Å². The van der Waals surface area contributed by atoms with Crippen molar-refractivity contribution in [1.29, 1.82) is 0 Å². The third kappa shape index (κ3) is 3.28. The van der Waals surface area contributed by atoms with E-state index < -0.39 is 9.84 Å². The average Bonchev–Trinajstić information content (AvgIpc) is 2.51. The van der Waals surface area contributed by atoms with Gasteiger partial charge in [-0.2, -0.15) is 0 Å². The van der Waals surface area contributed by atoms with E-state index in [2.05, 4.69) is 19.2 Å². The molecular formula is C13H24N2O3S. The lowest BCUT2D eigenvalue weighted by Gasteiger charge is -2.33. The first kappa shape index (κ1) is 14.8. The minimum absolute atomic E-state index is 0.0606. The number of hydrogen-bond acceptors (Lipinski definition) is 4. The molecule has 2 aliphatic rings. The number of carbonyl (C=O) groups excluding carboxylic acids is 1. The molecule has 19 heavy (non-hydrogen) atoms. The maximum Gasteiger partial charge on any atom is 0.241 e. The van der Waals surface area contributed by atoms with Crippen molar-refractivity contribution in [3.8, 4) is 0 Å². The number of hydrogen-bond donors (Lipinski definition) is 1. The second kappa shape index (κ2) is 5.40. The normalized spacial score (nSPS) is 35.1. The van der Waals surface area contributed by atoms with Crippen molar-refractivity contribution in [2.45, 2.75) is 58.3 Å². The third-order valence-corrected chi connectivity index (χ3v) is 5.76. The Balaban J connectivity index is 2.09. The topological polar surface area (TPSA) is 66.5 Å². The van der Waals surface area contributed by atoms with Crippen LogP contribution in [0.25, 0.3) is 0 Å². The van der Waals surface area contributed by atoms with E-state index >= 15 is 0 Å². The summed E-state index contributed by atoms with van der Waals surface area (Å²) in [6.45, 7) is 6.13. The highest BCUT2D eigenvalue weighted by Gasteiger charge is 2.42. The Hall–Kier alpha value is -0.620. The molecule has 0 aliphatic carbocycles. The smallest absolute Gasteiger partial charge is 0.241 e. The van der Waals surface area contributed by atoms with E-state index in [0.29, 0.717) is 12.3 Å². The van der Waals surface area contributed by atoms with Gasteiger partial charge in [0.2, 0.25) is 5.91 Å². The van der Waals surface area contributed by atoms with Gasteiger partial charge in [-0.05, 0) is 32.1 Å². The molecule has 0 saturated carbocycles. The standard InChI is InChI=1S/C13H24N2O3S/c1-9(2)7-12-13(16)15(10(3)14-12)11-5-4-6-19(17,18)8-11/h9-12,14H,4-8H2,1-3H3.